The van der Waals surface area contributed by atoms with E-state index in [1.807, 2.05) is 37.8 Å². The number of nitro groups is 1. The molecule has 110 valence electrons. The Balaban J connectivity index is 2.59. The third-order valence-electron chi connectivity index (χ3n) is 4.00. The highest BCUT2D eigenvalue weighted by Gasteiger charge is 2.35. The van der Waals surface area contributed by atoms with Crippen molar-refractivity contribution in [3.8, 4) is 0 Å². The zero-order valence-electron chi connectivity index (χ0n) is 12.4. The molecule has 0 saturated carbocycles. The van der Waals surface area contributed by atoms with Crippen LogP contribution in [0.2, 0.25) is 0 Å². The van der Waals surface area contributed by atoms with E-state index in [4.69, 9.17) is 0 Å². The number of rotatable bonds is 3. The van der Waals surface area contributed by atoms with Gasteiger partial charge in [0.05, 0.1) is 4.92 Å². The van der Waals surface area contributed by atoms with Crippen LogP contribution in [0.4, 0.5) is 5.69 Å². The predicted molar refractivity (Wildman–Crippen MR) is 80.3 cm³/mol. The molecular formula is C16H18N2O3. The molecule has 2 atom stereocenters. The van der Waals surface area contributed by atoms with E-state index in [2.05, 4.69) is 0 Å². The molecule has 1 heterocycles. The maximum atomic E-state index is 11.3. The first kappa shape index (κ1) is 15.0. The number of nitro benzene ring substituents is 1. The van der Waals surface area contributed by atoms with Gasteiger partial charge in [0, 0.05) is 36.2 Å². The minimum Gasteiger partial charge on any atom is -0.342 e. The summed E-state index contributed by atoms with van der Waals surface area (Å²) in [6.45, 7) is 6.50. The average Bonchev–Trinajstić information content (AvgIpc) is 2.47. The number of para-hydroxylation sites is 1. The predicted octanol–water partition coefficient (Wildman–Crippen LogP) is 3.27. The molecule has 0 radical (unpaired) electrons. The van der Waals surface area contributed by atoms with Gasteiger partial charge in [-0.1, -0.05) is 25.1 Å². The van der Waals surface area contributed by atoms with Crippen molar-refractivity contribution in [2.75, 3.05) is 6.54 Å². The van der Waals surface area contributed by atoms with Crippen molar-refractivity contribution in [2.45, 2.75) is 26.7 Å². The van der Waals surface area contributed by atoms with Gasteiger partial charge in [0.15, 0.2) is 0 Å². The van der Waals surface area contributed by atoms with E-state index in [1.165, 1.54) is 6.07 Å². The van der Waals surface area contributed by atoms with Crippen molar-refractivity contribution in [2.24, 2.45) is 5.92 Å². The van der Waals surface area contributed by atoms with E-state index < -0.39 is 0 Å². The van der Waals surface area contributed by atoms with Gasteiger partial charge < -0.3 is 4.90 Å². The molecule has 1 aromatic carbocycles. The van der Waals surface area contributed by atoms with Gasteiger partial charge in [0.2, 0.25) is 0 Å². The zero-order chi connectivity index (χ0) is 15.6. The van der Waals surface area contributed by atoms with Gasteiger partial charge >= 0.3 is 0 Å². The minimum absolute atomic E-state index is 0.0947. The van der Waals surface area contributed by atoms with Gasteiger partial charge in [-0.2, -0.15) is 0 Å². The molecule has 1 aliphatic heterocycles. The first-order valence-electron chi connectivity index (χ1n) is 6.94. The Kier molecular flexibility index (Phi) is 4.24. The lowest BCUT2D eigenvalue weighted by Crippen LogP contribution is -2.31. The van der Waals surface area contributed by atoms with Crippen molar-refractivity contribution in [3.05, 3.63) is 57.4 Å². The molecule has 2 rings (SSSR count). The first-order chi connectivity index (χ1) is 10.0. The van der Waals surface area contributed by atoms with E-state index in [0.717, 1.165) is 5.57 Å². The van der Waals surface area contributed by atoms with Gasteiger partial charge in [0.25, 0.3) is 5.69 Å². The second-order valence-corrected chi connectivity index (χ2v) is 5.23. The molecule has 0 spiro atoms. The molecule has 1 aromatic rings. The first-order valence-corrected chi connectivity index (χ1v) is 6.94. The second kappa shape index (κ2) is 5.94. The van der Waals surface area contributed by atoms with Crippen LogP contribution < -0.4 is 0 Å². The lowest BCUT2D eigenvalue weighted by atomic mass is 9.77. The fourth-order valence-electron chi connectivity index (χ4n) is 3.05. The summed E-state index contributed by atoms with van der Waals surface area (Å²) in [5.74, 6) is 1.68. The highest BCUT2D eigenvalue weighted by atomic mass is 16.6. The molecule has 0 N–H and O–H groups in total. The molecular weight excluding hydrogens is 268 g/mol. The molecule has 21 heavy (non-hydrogen) atoms. The smallest absolute Gasteiger partial charge is 0.273 e. The zero-order valence-corrected chi connectivity index (χ0v) is 12.4. The fourth-order valence-corrected chi connectivity index (χ4v) is 3.05. The van der Waals surface area contributed by atoms with Gasteiger partial charge in [-0.15, -0.1) is 0 Å². The summed E-state index contributed by atoms with van der Waals surface area (Å²) in [6, 6.07) is 6.72. The normalized spacial score (nSPS) is 21.8. The Hall–Kier alpha value is -2.39. The Bertz CT molecular complexity index is 645. The number of carbonyl (C=O) groups excluding carboxylic acids is 1. The minimum atomic E-state index is -0.369. The summed E-state index contributed by atoms with van der Waals surface area (Å²) in [5.41, 5.74) is 2.30. The number of benzene rings is 1. The van der Waals surface area contributed by atoms with Crippen LogP contribution in [0.3, 0.4) is 0 Å². The molecule has 0 bridgehead atoms. The van der Waals surface area contributed by atoms with Gasteiger partial charge in [0.1, 0.15) is 11.6 Å². The highest BCUT2D eigenvalue weighted by Crippen LogP contribution is 2.43. The maximum Gasteiger partial charge on any atom is 0.273 e. The van der Waals surface area contributed by atoms with Crippen molar-refractivity contribution in [3.63, 3.8) is 0 Å². The molecule has 0 amide bonds. The van der Waals surface area contributed by atoms with Gasteiger partial charge in [-0.05, 0) is 19.4 Å². The van der Waals surface area contributed by atoms with Crippen LogP contribution in [0.25, 0.3) is 0 Å². The van der Waals surface area contributed by atoms with Crippen LogP contribution in [0.15, 0.2) is 41.7 Å². The van der Waals surface area contributed by atoms with Crippen LogP contribution >= 0.6 is 0 Å². The molecule has 0 aliphatic carbocycles. The largest absolute Gasteiger partial charge is 0.342 e. The Morgan fingerprint density at radius 1 is 1.38 bits per heavy atom. The Morgan fingerprint density at radius 3 is 2.62 bits per heavy atom. The average molecular weight is 286 g/mol. The molecule has 0 aromatic heterocycles. The van der Waals surface area contributed by atoms with Crippen LogP contribution in [0.5, 0.6) is 0 Å². The van der Waals surface area contributed by atoms with Crippen LogP contribution in [-0.4, -0.2) is 22.3 Å². The van der Waals surface area contributed by atoms with Crippen LogP contribution in [0, 0.1) is 16.0 Å². The van der Waals surface area contributed by atoms with Crippen LogP contribution in [0.1, 0.15) is 32.3 Å². The van der Waals surface area contributed by atoms with E-state index in [0.29, 0.717) is 17.8 Å². The summed E-state index contributed by atoms with van der Waals surface area (Å²) in [4.78, 5) is 24.0. The summed E-state index contributed by atoms with van der Waals surface area (Å²) in [7, 11) is 0. The van der Waals surface area contributed by atoms with Crippen molar-refractivity contribution >= 4 is 11.6 Å². The van der Waals surface area contributed by atoms with Gasteiger partial charge in [-0.3, -0.25) is 10.1 Å². The van der Waals surface area contributed by atoms with E-state index >= 15 is 0 Å². The molecule has 0 fully saturated rings. The monoisotopic (exact) mass is 286 g/mol. The number of hydrogen-bond acceptors (Lipinski definition) is 4. The van der Waals surface area contributed by atoms with Crippen LogP contribution in [-0.2, 0) is 4.79 Å². The number of hydrogen-bond donors (Lipinski definition) is 0. The van der Waals surface area contributed by atoms with Crippen molar-refractivity contribution in [1.82, 2.24) is 4.90 Å². The summed E-state index contributed by atoms with van der Waals surface area (Å²) in [5, 5.41) is 11.2. The topological polar surface area (TPSA) is 63.4 Å². The molecule has 2 unspecified atom stereocenters. The second-order valence-electron chi connectivity index (χ2n) is 5.23. The number of allylic oxidation sites excluding steroid dienone is 2. The van der Waals surface area contributed by atoms with Crippen molar-refractivity contribution < 1.29 is 9.72 Å². The lowest BCUT2D eigenvalue weighted by molar-refractivity contribution is -0.385. The molecule has 0 saturated heterocycles. The van der Waals surface area contributed by atoms with Crippen molar-refractivity contribution in [1.29, 1.82) is 0 Å². The SMILES string of the molecule is CCN1C=C(C)C(c2ccccc2[N+](=O)[O-])C(C)C1=C=O. The Morgan fingerprint density at radius 2 is 2.05 bits per heavy atom. The molecule has 5 nitrogen and oxygen atoms in total. The maximum absolute atomic E-state index is 11.3. The van der Waals surface area contributed by atoms with Gasteiger partial charge in [-0.25, -0.2) is 4.79 Å². The summed E-state index contributed by atoms with van der Waals surface area (Å²) >= 11 is 0. The summed E-state index contributed by atoms with van der Waals surface area (Å²) in [6.07, 6.45) is 1.89. The Labute approximate surface area is 123 Å². The molecule has 1 aliphatic rings. The standard InChI is InChI=1S/C16H18N2O3/c1-4-17-9-11(2)16(12(3)15(17)10-19)13-7-5-6-8-14(13)18(20)21/h5-9,12,16H,4H2,1-3H3. The highest BCUT2D eigenvalue weighted by molar-refractivity contribution is 5.57. The summed E-state index contributed by atoms with van der Waals surface area (Å²) < 4.78 is 0. The lowest BCUT2D eigenvalue weighted by Gasteiger charge is -2.36. The third-order valence-corrected chi connectivity index (χ3v) is 4.00. The molecule has 5 heteroatoms. The van der Waals surface area contributed by atoms with E-state index in [-0.39, 0.29) is 22.4 Å². The van der Waals surface area contributed by atoms with E-state index in [1.54, 1.807) is 18.2 Å². The fraction of sp³-hybridized carbons (Fsp3) is 0.375. The van der Waals surface area contributed by atoms with E-state index in [9.17, 15) is 14.9 Å². The number of nitrogens with zero attached hydrogens (tertiary/aromatic N) is 2. The quantitative estimate of drug-likeness (QED) is 0.486. The third kappa shape index (κ3) is 2.60.